The average molecular weight is 313 g/mol. The third-order valence-corrected chi connectivity index (χ3v) is 2.84. The molecule has 9 heteroatoms. The Morgan fingerprint density at radius 3 is 2.41 bits per heavy atom. The molecule has 0 bridgehead atoms. The van der Waals surface area contributed by atoms with Crippen LogP contribution in [-0.2, 0) is 11.3 Å². The maximum atomic E-state index is 12.0. The number of benzene rings is 1. The number of amides is 1. The molecule has 1 aromatic carbocycles. The highest BCUT2D eigenvalue weighted by Crippen LogP contribution is 2.26. The lowest BCUT2D eigenvalue weighted by Gasteiger charge is -2.11. The van der Waals surface area contributed by atoms with E-state index in [1.165, 1.54) is 0 Å². The van der Waals surface area contributed by atoms with Gasteiger partial charge in [0.25, 0.3) is 5.91 Å². The van der Waals surface area contributed by atoms with Crippen LogP contribution in [0.15, 0.2) is 36.5 Å². The van der Waals surface area contributed by atoms with Crippen LogP contribution < -0.4 is 4.90 Å². The molecule has 0 fully saturated rings. The maximum absolute atomic E-state index is 12.0. The molecule has 1 amide bonds. The third-order valence-electron chi connectivity index (χ3n) is 2.84. The van der Waals surface area contributed by atoms with Crippen LogP contribution in [0.25, 0.3) is 0 Å². The second-order valence-corrected chi connectivity index (χ2v) is 4.29. The van der Waals surface area contributed by atoms with E-state index in [0.29, 0.717) is 6.54 Å². The highest BCUT2D eigenvalue weighted by molar-refractivity contribution is 6.09. The van der Waals surface area contributed by atoms with Crippen LogP contribution in [-0.4, -0.2) is 33.4 Å². The van der Waals surface area contributed by atoms with E-state index in [9.17, 15) is 18.0 Å². The highest BCUT2D eigenvalue weighted by atomic mass is 19.4. The molecule has 2 heterocycles. The van der Waals surface area contributed by atoms with Gasteiger partial charge < -0.3 is 5.11 Å². The van der Waals surface area contributed by atoms with Gasteiger partial charge in [0.2, 0.25) is 0 Å². The van der Waals surface area contributed by atoms with Crippen LogP contribution in [0, 0.1) is 0 Å². The van der Waals surface area contributed by atoms with Crippen molar-refractivity contribution in [1.82, 2.24) is 10.2 Å². The average Bonchev–Trinajstić information content (AvgIpc) is 3.07. The molecule has 0 atom stereocenters. The van der Waals surface area contributed by atoms with E-state index < -0.39 is 12.1 Å². The Morgan fingerprint density at radius 2 is 1.91 bits per heavy atom. The summed E-state index contributed by atoms with van der Waals surface area (Å²) in [6.45, 7) is 0.622. The number of anilines is 1. The first-order valence-electron chi connectivity index (χ1n) is 6.00. The van der Waals surface area contributed by atoms with Crippen LogP contribution in [0.1, 0.15) is 15.9 Å². The SMILES string of the molecule is O=C(O)C(F)(F)F.O=C1c2ccccc2CN1c1ccn[nH]1. The predicted octanol–water partition coefficient (Wildman–Crippen LogP) is 2.20. The molecule has 0 spiro atoms. The molecule has 6 nitrogen and oxygen atoms in total. The lowest BCUT2D eigenvalue weighted by molar-refractivity contribution is -0.192. The van der Waals surface area contributed by atoms with Gasteiger partial charge in [-0.3, -0.25) is 14.8 Å². The zero-order valence-corrected chi connectivity index (χ0v) is 11.0. The minimum absolute atomic E-state index is 0.0369. The molecule has 0 aliphatic carbocycles. The van der Waals surface area contributed by atoms with Gasteiger partial charge in [0.15, 0.2) is 0 Å². The Morgan fingerprint density at radius 1 is 1.27 bits per heavy atom. The molecule has 3 rings (SSSR count). The van der Waals surface area contributed by atoms with Gasteiger partial charge in [-0.25, -0.2) is 4.79 Å². The Bertz CT molecular complexity index is 683. The summed E-state index contributed by atoms with van der Waals surface area (Å²) in [5, 5.41) is 13.8. The minimum Gasteiger partial charge on any atom is -0.475 e. The van der Waals surface area contributed by atoms with E-state index in [1.807, 2.05) is 24.3 Å². The molecule has 0 saturated heterocycles. The van der Waals surface area contributed by atoms with Crippen molar-refractivity contribution in [2.24, 2.45) is 0 Å². The van der Waals surface area contributed by atoms with Crippen molar-refractivity contribution in [3.8, 4) is 0 Å². The summed E-state index contributed by atoms with van der Waals surface area (Å²) in [6, 6.07) is 9.46. The van der Waals surface area contributed by atoms with Crippen molar-refractivity contribution in [2.45, 2.75) is 12.7 Å². The Balaban J connectivity index is 0.000000217. The zero-order valence-electron chi connectivity index (χ0n) is 11.0. The molecular weight excluding hydrogens is 303 g/mol. The summed E-state index contributed by atoms with van der Waals surface area (Å²) in [5.74, 6) is -1.97. The first-order valence-corrected chi connectivity index (χ1v) is 6.00. The van der Waals surface area contributed by atoms with Crippen LogP contribution >= 0.6 is 0 Å². The van der Waals surface area contributed by atoms with Gasteiger partial charge in [0.1, 0.15) is 5.82 Å². The molecule has 1 aliphatic heterocycles. The van der Waals surface area contributed by atoms with Gasteiger partial charge in [-0.15, -0.1) is 0 Å². The van der Waals surface area contributed by atoms with Crippen molar-refractivity contribution in [3.05, 3.63) is 47.7 Å². The summed E-state index contributed by atoms with van der Waals surface area (Å²) in [6.07, 6.45) is -3.44. The number of aromatic amines is 1. The van der Waals surface area contributed by atoms with Gasteiger partial charge in [0, 0.05) is 11.6 Å². The van der Waals surface area contributed by atoms with E-state index in [4.69, 9.17) is 9.90 Å². The Hall–Kier alpha value is -2.84. The van der Waals surface area contributed by atoms with Gasteiger partial charge >= 0.3 is 12.1 Å². The van der Waals surface area contributed by atoms with Gasteiger partial charge in [-0.05, 0) is 11.6 Å². The molecule has 0 radical (unpaired) electrons. The summed E-state index contributed by atoms with van der Waals surface area (Å²) in [5.41, 5.74) is 1.85. The Kier molecular flexibility index (Phi) is 4.15. The monoisotopic (exact) mass is 313 g/mol. The molecular formula is C13H10F3N3O3. The lowest BCUT2D eigenvalue weighted by Crippen LogP contribution is -2.23. The fraction of sp³-hybridized carbons (Fsp3) is 0.154. The number of nitrogens with one attached hydrogen (secondary N) is 1. The minimum atomic E-state index is -5.08. The number of carboxylic acids is 1. The molecule has 2 N–H and O–H groups in total. The smallest absolute Gasteiger partial charge is 0.475 e. The molecule has 1 aliphatic rings. The van der Waals surface area contributed by atoms with Crippen LogP contribution in [0.2, 0.25) is 0 Å². The number of alkyl halides is 3. The van der Waals surface area contributed by atoms with E-state index >= 15 is 0 Å². The quantitative estimate of drug-likeness (QED) is 0.845. The van der Waals surface area contributed by atoms with E-state index in [1.54, 1.807) is 17.2 Å². The third kappa shape index (κ3) is 3.25. The summed E-state index contributed by atoms with van der Waals surface area (Å²) in [4.78, 5) is 22.6. The second-order valence-electron chi connectivity index (χ2n) is 4.29. The number of carbonyl (C=O) groups is 2. The highest BCUT2D eigenvalue weighted by Gasteiger charge is 2.38. The molecule has 0 saturated carbocycles. The van der Waals surface area contributed by atoms with E-state index in [2.05, 4.69) is 10.2 Å². The second kappa shape index (κ2) is 5.88. The standard InChI is InChI=1S/C11H9N3O.C2HF3O2/c15-11-9-4-2-1-3-8(9)7-14(11)10-5-6-12-13-10;3-2(4,5)1(6)7/h1-6H,7H2,(H,12,13);(H,6,7). The van der Waals surface area contributed by atoms with Gasteiger partial charge in [-0.2, -0.15) is 18.3 Å². The van der Waals surface area contributed by atoms with Crippen molar-refractivity contribution in [1.29, 1.82) is 0 Å². The van der Waals surface area contributed by atoms with Crippen molar-refractivity contribution >= 4 is 17.7 Å². The van der Waals surface area contributed by atoms with Crippen molar-refractivity contribution < 1.29 is 27.9 Å². The van der Waals surface area contributed by atoms with E-state index in [0.717, 1.165) is 16.9 Å². The number of nitrogens with zero attached hydrogens (tertiary/aromatic N) is 2. The lowest BCUT2D eigenvalue weighted by atomic mass is 10.1. The van der Waals surface area contributed by atoms with Crippen LogP contribution in [0.4, 0.5) is 19.0 Å². The zero-order chi connectivity index (χ0) is 16.3. The number of hydrogen-bond donors (Lipinski definition) is 2. The number of carboxylic acid groups (broad SMARTS) is 1. The van der Waals surface area contributed by atoms with Crippen LogP contribution in [0.5, 0.6) is 0 Å². The predicted molar refractivity (Wildman–Crippen MR) is 69.2 cm³/mol. The number of aromatic nitrogens is 2. The first kappa shape index (κ1) is 15.5. The molecule has 0 unspecified atom stereocenters. The summed E-state index contributed by atoms with van der Waals surface area (Å²) in [7, 11) is 0. The summed E-state index contributed by atoms with van der Waals surface area (Å²) >= 11 is 0. The number of carbonyl (C=O) groups excluding carboxylic acids is 1. The molecule has 1 aromatic heterocycles. The largest absolute Gasteiger partial charge is 0.490 e. The topological polar surface area (TPSA) is 86.3 Å². The van der Waals surface area contributed by atoms with Gasteiger partial charge in [-0.1, -0.05) is 18.2 Å². The fourth-order valence-corrected chi connectivity index (χ4v) is 1.85. The molecule has 22 heavy (non-hydrogen) atoms. The number of fused-ring (bicyclic) bond motifs is 1. The van der Waals surface area contributed by atoms with Crippen LogP contribution in [0.3, 0.4) is 0 Å². The number of hydrogen-bond acceptors (Lipinski definition) is 3. The number of rotatable bonds is 1. The van der Waals surface area contributed by atoms with E-state index in [-0.39, 0.29) is 5.91 Å². The number of H-pyrrole nitrogens is 1. The fourth-order valence-electron chi connectivity index (χ4n) is 1.85. The summed E-state index contributed by atoms with van der Waals surface area (Å²) < 4.78 is 31.7. The Labute approximate surface area is 122 Å². The number of halogens is 3. The normalized spacial score (nSPS) is 13.4. The van der Waals surface area contributed by atoms with Crippen molar-refractivity contribution in [2.75, 3.05) is 4.90 Å². The number of aliphatic carboxylic acids is 1. The van der Waals surface area contributed by atoms with Gasteiger partial charge in [0.05, 0.1) is 12.7 Å². The van der Waals surface area contributed by atoms with Crippen molar-refractivity contribution in [3.63, 3.8) is 0 Å². The first-order chi connectivity index (χ1) is 10.3. The molecule has 2 aromatic rings. The molecule has 116 valence electrons. The maximum Gasteiger partial charge on any atom is 0.490 e.